The molecule has 1 unspecified atom stereocenters. The zero-order valence-corrected chi connectivity index (χ0v) is 31.4. The summed E-state index contributed by atoms with van der Waals surface area (Å²) in [5, 5.41) is 0.735. The number of carbonyl (C=O) groups excluding carboxylic acids is 2. The summed E-state index contributed by atoms with van der Waals surface area (Å²) in [6.07, 6.45) is 7.49. The molecule has 6 atom stereocenters. The van der Waals surface area contributed by atoms with Gasteiger partial charge >= 0.3 is 6.03 Å². The van der Waals surface area contributed by atoms with Gasteiger partial charge in [-0.2, -0.15) is 0 Å². The largest absolute Gasteiger partial charge is 0.490 e. The number of nitrogens with zero attached hydrogens (tertiary/aromatic N) is 3. The smallest absolute Gasteiger partial charge is 0.330 e. The van der Waals surface area contributed by atoms with Crippen molar-refractivity contribution in [1.82, 2.24) is 9.62 Å². The van der Waals surface area contributed by atoms with E-state index in [1.165, 1.54) is 16.0 Å². The summed E-state index contributed by atoms with van der Waals surface area (Å²) in [5.74, 6) is 0.317. The molecule has 2 aromatic rings. The van der Waals surface area contributed by atoms with Crippen LogP contribution >= 0.6 is 11.6 Å². The number of halogens is 1. The van der Waals surface area contributed by atoms with Crippen LogP contribution < -0.4 is 14.4 Å². The molecule has 0 aromatic heterocycles. The Kier molecular flexibility index (Phi) is 11.2. The number of aryl methyl sites for hydroxylation is 1. The molecule has 3 heterocycles. The molecule has 272 valence electrons. The second-order valence-electron chi connectivity index (χ2n) is 14.7. The predicted molar refractivity (Wildman–Crippen MR) is 198 cm³/mol. The zero-order valence-electron chi connectivity index (χ0n) is 29.9. The average molecular weight is 727 g/mol. The first kappa shape index (κ1) is 36.7. The number of ether oxygens (including phenoxy) is 3. The van der Waals surface area contributed by atoms with E-state index in [4.69, 9.17) is 25.8 Å². The fourth-order valence-corrected chi connectivity index (χ4v) is 9.97. The van der Waals surface area contributed by atoms with E-state index in [0.29, 0.717) is 57.1 Å². The molecule has 3 amide bonds. The average Bonchev–Trinajstić information content (AvgIpc) is 3.20. The van der Waals surface area contributed by atoms with Gasteiger partial charge in [0.25, 0.3) is 5.91 Å². The molecule has 4 aliphatic rings. The van der Waals surface area contributed by atoms with Crippen LogP contribution in [0.5, 0.6) is 5.75 Å². The third-order valence-corrected chi connectivity index (χ3v) is 13.1. The van der Waals surface area contributed by atoms with Crippen molar-refractivity contribution in [3.8, 4) is 5.75 Å². The normalized spacial score (nSPS) is 31.1. The number of likely N-dealkylation sites (tertiary alicyclic amines) is 1. The maximum absolute atomic E-state index is 14.4. The van der Waals surface area contributed by atoms with Gasteiger partial charge in [0.05, 0.1) is 43.3 Å². The van der Waals surface area contributed by atoms with Gasteiger partial charge < -0.3 is 24.0 Å². The third kappa shape index (κ3) is 7.86. The number of methoxy groups -OCH3 is 1. The molecule has 50 heavy (non-hydrogen) atoms. The number of urea groups is 1. The number of allylic oxidation sites excluding steroid dienone is 1. The highest BCUT2D eigenvalue weighted by Gasteiger charge is 2.42. The summed E-state index contributed by atoms with van der Waals surface area (Å²) in [5.41, 5.74) is 3.33. The van der Waals surface area contributed by atoms with E-state index in [0.717, 1.165) is 30.0 Å². The van der Waals surface area contributed by atoms with Crippen molar-refractivity contribution < 1.29 is 28.0 Å². The number of nitrogens with one attached hydrogen (secondary N) is 1. The molecular weight excluding hydrogens is 676 g/mol. The molecule has 1 aliphatic carbocycles. The lowest BCUT2D eigenvalue weighted by Crippen LogP contribution is -2.58. The quantitative estimate of drug-likeness (QED) is 0.352. The summed E-state index contributed by atoms with van der Waals surface area (Å²) in [6, 6.07) is 11.0. The van der Waals surface area contributed by atoms with Gasteiger partial charge in [-0.05, 0) is 91.8 Å². The maximum Gasteiger partial charge on any atom is 0.330 e. The first-order valence-corrected chi connectivity index (χ1v) is 20.0. The Morgan fingerprint density at radius 1 is 1.16 bits per heavy atom. The fourth-order valence-electron chi connectivity index (χ4n) is 7.89. The zero-order chi connectivity index (χ0) is 35.6. The van der Waals surface area contributed by atoms with E-state index in [9.17, 15) is 13.8 Å². The van der Waals surface area contributed by atoms with Crippen molar-refractivity contribution in [1.29, 1.82) is 0 Å². The Hall–Kier alpha value is -3.12. The van der Waals surface area contributed by atoms with Crippen LogP contribution in [0, 0.1) is 17.8 Å². The van der Waals surface area contributed by atoms with Crippen LogP contribution in [0.3, 0.4) is 0 Å². The topological polar surface area (TPSA) is 110 Å². The first-order valence-electron chi connectivity index (χ1n) is 17.9. The van der Waals surface area contributed by atoms with Gasteiger partial charge in [-0.25, -0.2) is 9.00 Å². The maximum atomic E-state index is 14.4. The molecule has 6 rings (SSSR count). The van der Waals surface area contributed by atoms with E-state index >= 15 is 0 Å². The lowest BCUT2D eigenvalue weighted by molar-refractivity contribution is -0.0290. The lowest BCUT2D eigenvalue weighted by Gasteiger charge is -2.42. The molecule has 2 bridgehead atoms. The van der Waals surface area contributed by atoms with Gasteiger partial charge in [0.2, 0.25) is 0 Å². The second kappa shape index (κ2) is 15.2. The van der Waals surface area contributed by atoms with Crippen LogP contribution in [0.15, 0.2) is 52.9 Å². The predicted octanol–water partition coefficient (Wildman–Crippen LogP) is 6.65. The molecule has 12 heteroatoms. The van der Waals surface area contributed by atoms with Crippen LogP contribution in [0.2, 0.25) is 5.02 Å². The monoisotopic (exact) mass is 726 g/mol. The summed E-state index contributed by atoms with van der Waals surface area (Å²) in [7, 11) is -1.75. The van der Waals surface area contributed by atoms with Gasteiger partial charge in [-0.1, -0.05) is 50.6 Å². The standard InChI is InChI=1S/C38H51ClN4O6S/c1-6-48-31-20-42(21-31)37(45)41-50(46)22-25(2)9-7-11-34(47-5)27(4)26(3)19-43-23-38(16-8-10-28-17-30(39)13-14-32(28)38)24-49-35-15-12-29(18-33(35)43)36(44)40-50/h7,11-15,17-18,25-27,31,34H,6,8-10,16,19-24H2,1-5H3,(H,40,41,44,45,46)/b11-7-/t25-,26-,27+,34-,38-,50?/m0/s1. The van der Waals surface area contributed by atoms with Crippen LogP contribution in [-0.4, -0.2) is 85.5 Å². The molecular formula is C38H51ClN4O6S. The minimum absolute atomic E-state index is 0.0211. The van der Waals surface area contributed by atoms with Gasteiger partial charge in [-0.15, -0.1) is 4.36 Å². The summed E-state index contributed by atoms with van der Waals surface area (Å²) < 4.78 is 39.6. The van der Waals surface area contributed by atoms with E-state index in [2.05, 4.69) is 52.1 Å². The Balaban J connectivity index is 1.39. The number of carbonyl (C=O) groups is 2. The molecule has 1 fully saturated rings. The minimum Gasteiger partial charge on any atom is -0.490 e. The van der Waals surface area contributed by atoms with Crippen molar-refractivity contribution >= 4 is 39.1 Å². The number of hydrogen-bond acceptors (Lipinski definition) is 7. The van der Waals surface area contributed by atoms with Crippen LogP contribution in [-0.2, 0) is 31.2 Å². The number of hydrogen-bond donors (Lipinski definition) is 1. The highest BCUT2D eigenvalue weighted by Crippen LogP contribution is 2.45. The number of anilines is 1. The lowest BCUT2D eigenvalue weighted by atomic mass is 9.70. The molecule has 1 N–H and O–H groups in total. The van der Waals surface area contributed by atoms with Crippen molar-refractivity contribution in [3.05, 3.63) is 70.3 Å². The molecule has 10 nitrogen and oxygen atoms in total. The number of amides is 3. The van der Waals surface area contributed by atoms with Crippen molar-refractivity contribution in [2.75, 3.05) is 57.2 Å². The Bertz CT molecular complexity index is 1740. The van der Waals surface area contributed by atoms with Gasteiger partial charge in [0, 0.05) is 42.8 Å². The van der Waals surface area contributed by atoms with Crippen LogP contribution in [0.1, 0.15) is 68.4 Å². The molecule has 1 spiro atoms. The van der Waals surface area contributed by atoms with Gasteiger partial charge in [-0.3, -0.25) is 9.52 Å². The first-order chi connectivity index (χ1) is 23.9. The number of rotatable bonds is 4. The number of benzene rings is 2. The molecule has 3 aliphatic heterocycles. The Morgan fingerprint density at radius 2 is 1.96 bits per heavy atom. The van der Waals surface area contributed by atoms with Crippen molar-refractivity contribution in [3.63, 3.8) is 0 Å². The highest BCUT2D eigenvalue weighted by molar-refractivity contribution is 7.92. The van der Waals surface area contributed by atoms with E-state index in [1.54, 1.807) is 13.2 Å². The molecule has 0 saturated carbocycles. The number of fused-ring (bicyclic) bond motifs is 3. The summed E-state index contributed by atoms with van der Waals surface area (Å²) in [4.78, 5) is 31.0. The second-order valence-corrected chi connectivity index (χ2v) is 17.1. The minimum atomic E-state index is -3.48. The molecule has 0 radical (unpaired) electrons. The van der Waals surface area contributed by atoms with Crippen LogP contribution in [0.25, 0.3) is 0 Å². The highest BCUT2D eigenvalue weighted by atomic mass is 35.5. The molecule has 1 saturated heterocycles. The van der Waals surface area contributed by atoms with Crippen molar-refractivity contribution in [2.24, 2.45) is 22.1 Å². The Labute approximate surface area is 302 Å². The van der Waals surface area contributed by atoms with Crippen molar-refractivity contribution in [2.45, 2.75) is 71.0 Å². The SMILES string of the molecule is CCOC1CN(C(=O)NS2(=O)=NC(=O)c3ccc4c(c3)N(C[C@H](C)[C@@H](C)[C@@H](OC)/C=C\C[C@H](C)C2)C[C@@]2(CCCc3cc(Cl)ccc32)CO4)C1. The summed E-state index contributed by atoms with van der Waals surface area (Å²) in [6.45, 7) is 11.6. The Morgan fingerprint density at radius 3 is 2.72 bits per heavy atom. The van der Waals surface area contributed by atoms with E-state index < -0.39 is 21.9 Å². The summed E-state index contributed by atoms with van der Waals surface area (Å²) >= 11 is 6.45. The van der Waals surface area contributed by atoms with Gasteiger partial charge in [0.1, 0.15) is 15.7 Å². The third-order valence-electron chi connectivity index (χ3n) is 10.9. The van der Waals surface area contributed by atoms with Crippen LogP contribution in [0.4, 0.5) is 10.5 Å². The van der Waals surface area contributed by atoms with Gasteiger partial charge in [0.15, 0.2) is 0 Å². The van der Waals surface area contributed by atoms with E-state index in [1.807, 2.05) is 32.0 Å². The van der Waals surface area contributed by atoms with E-state index in [-0.39, 0.29) is 41.1 Å². The fraction of sp³-hybridized carbons (Fsp3) is 0.579. The molecule has 2 aromatic carbocycles.